The topological polar surface area (TPSA) is 90.1 Å². The van der Waals surface area contributed by atoms with Crippen LogP contribution in [0.2, 0.25) is 0 Å². The van der Waals surface area contributed by atoms with E-state index in [2.05, 4.69) is 10.4 Å². The number of hydrogen-bond donors (Lipinski definition) is 1. The number of carbonyl (C=O) groups is 1. The molecule has 3 aromatic rings. The van der Waals surface area contributed by atoms with E-state index < -0.39 is 11.0 Å². The van der Waals surface area contributed by atoms with Crippen LogP contribution in [0.1, 0.15) is 24.1 Å². The Labute approximate surface area is 166 Å². The minimum Gasteiger partial charge on any atom is -0.324 e. The Kier molecular flexibility index (Phi) is 5.79. The first-order valence-corrected chi connectivity index (χ1v) is 9.49. The third kappa shape index (κ3) is 4.77. The quantitative estimate of drug-likeness (QED) is 0.479. The fraction of sp³-hybridized carbons (Fsp3) is 0.200. The number of aryl methyl sites for hydroxylation is 2. The van der Waals surface area contributed by atoms with E-state index >= 15 is 0 Å². The van der Waals surface area contributed by atoms with Crippen molar-refractivity contribution in [1.82, 2.24) is 9.78 Å². The summed E-state index contributed by atoms with van der Waals surface area (Å²) in [6.45, 7) is 5.61. The summed E-state index contributed by atoms with van der Waals surface area (Å²) < 4.78 is 1.56. The zero-order valence-electron chi connectivity index (χ0n) is 15.7. The van der Waals surface area contributed by atoms with Crippen LogP contribution in [-0.4, -0.2) is 20.6 Å². The summed E-state index contributed by atoms with van der Waals surface area (Å²) in [7, 11) is 0. The second kappa shape index (κ2) is 8.26. The summed E-state index contributed by atoms with van der Waals surface area (Å²) in [5.74, 6) is -0.296. The average Bonchev–Trinajstić information content (AvgIpc) is 3.09. The van der Waals surface area contributed by atoms with Crippen molar-refractivity contribution in [2.75, 3.05) is 5.32 Å². The summed E-state index contributed by atoms with van der Waals surface area (Å²) in [5, 5.41) is 18.2. The predicted octanol–water partition coefficient (Wildman–Crippen LogP) is 4.76. The lowest BCUT2D eigenvalue weighted by atomic mass is 10.2. The lowest BCUT2D eigenvalue weighted by Crippen LogP contribution is -2.24. The highest BCUT2D eigenvalue weighted by atomic mass is 32.2. The fourth-order valence-corrected chi connectivity index (χ4v) is 3.48. The molecule has 0 aliphatic heterocycles. The van der Waals surface area contributed by atoms with E-state index in [1.54, 1.807) is 30.1 Å². The number of amides is 1. The third-order valence-electron chi connectivity index (χ3n) is 4.13. The number of non-ortho nitro benzene ring substituents is 1. The molecule has 0 fully saturated rings. The third-order valence-corrected chi connectivity index (χ3v) is 5.11. The fourth-order valence-electron chi connectivity index (χ4n) is 2.57. The Hall–Kier alpha value is -3.13. The van der Waals surface area contributed by atoms with Gasteiger partial charge in [-0.1, -0.05) is 29.5 Å². The van der Waals surface area contributed by atoms with Crippen LogP contribution in [0.15, 0.2) is 64.6 Å². The average molecular weight is 396 g/mol. The lowest BCUT2D eigenvalue weighted by molar-refractivity contribution is -0.385. The molecule has 0 spiro atoms. The molecule has 1 aromatic heterocycles. The monoisotopic (exact) mass is 396 g/mol. The van der Waals surface area contributed by atoms with Gasteiger partial charge < -0.3 is 5.32 Å². The van der Waals surface area contributed by atoms with Crippen LogP contribution < -0.4 is 5.32 Å². The van der Waals surface area contributed by atoms with E-state index in [0.717, 1.165) is 16.0 Å². The number of anilines is 1. The number of carbonyl (C=O) groups excluding carboxylic acids is 1. The van der Waals surface area contributed by atoms with Crippen molar-refractivity contribution in [3.05, 3.63) is 76.1 Å². The Balaban J connectivity index is 1.83. The standard InChI is InChI=1S/C20H20N4O3S/c1-13-4-6-18(7-5-13)28-19-9-16(8-17(10-19)24(26)27)22-20(25)15(3)23-12-14(2)11-21-23/h4-12,15H,1-3H3,(H,22,25). The molecule has 28 heavy (non-hydrogen) atoms. The van der Waals surface area contributed by atoms with E-state index in [9.17, 15) is 14.9 Å². The smallest absolute Gasteiger partial charge is 0.272 e. The summed E-state index contributed by atoms with van der Waals surface area (Å²) in [6.07, 6.45) is 3.45. The summed E-state index contributed by atoms with van der Waals surface area (Å²) >= 11 is 1.40. The van der Waals surface area contributed by atoms with E-state index in [1.165, 1.54) is 23.9 Å². The molecule has 1 amide bonds. The molecule has 0 bridgehead atoms. The molecule has 0 saturated carbocycles. The molecule has 0 radical (unpaired) electrons. The Morgan fingerprint density at radius 1 is 1.14 bits per heavy atom. The van der Waals surface area contributed by atoms with Crippen LogP contribution >= 0.6 is 11.8 Å². The van der Waals surface area contributed by atoms with Crippen LogP contribution in [0.4, 0.5) is 11.4 Å². The molecular weight excluding hydrogens is 376 g/mol. The van der Waals surface area contributed by atoms with E-state index in [1.807, 2.05) is 38.1 Å². The van der Waals surface area contributed by atoms with Crippen LogP contribution in [0, 0.1) is 24.0 Å². The number of nitro benzene ring substituents is 1. The first-order valence-electron chi connectivity index (χ1n) is 8.67. The van der Waals surface area contributed by atoms with Crippen molar-refractivity contribution in [3.8, 4) is 0 Å². The Bertz CT molecular complexity index is 1010. The van der Waals surface area contributed by atoms with Crippen molar-refractivity contribution in [2.24, 2.45) is 0 Å². The highest BCUT2D eigenvalue weighted by Gasteiger charge is 2.18. The van der Waals surface area contributed by atoms with E-state index in [0.29, 0.717) is 10.6 Å². The van der Waals surface area contributed by atoms with Crippen molar-refractivity contribution < 1.29 is 9.72 Å². The Morgan fingerprint density at radius 2 is 1.86 bits per heavy atom. The largest absolute Gasteiger partial charge is 0.324 e. The van der Waals surface area contributed by atoms with Gasteiger partial charge in [0, 0.05) is 33.8 Å². The van der Waals surface area contributed by atoms with Crippen LogP contribution in [0.25, 0.3) is 0 Å². The lowest BCUT2D eigenvalue weighted by Gasteiger charge is -2.13. The van der Waals surface area contributed by atoms with Gasteiger partial charge in [-0.15, -0.1) is 0 Å². The van der Waals surface area contributed by atoms with E-state index in [4.69, 9.17) is 0 Å². The van der Waals surface area contributed by atoms with Crippen LogP contribution in [0.3, 0.4) is 0 Å². The highest BCUT2D eigenvalue weighted by Crippen LogP contribution is 2.33. The van der Waals surface area contributed by atoms with Gasteiger partial charge >= 0.3 is 0 Å². The molecule has 0 saturated heterocycles. The van der Waals surface area contributed by atoms with Gasteiger partial charge in [0.2, 0.25) is 5.91 Å². The number of nitrogens with one attached hydrogen (secondary N) is 1. The minimum atomic E-state index is -0.541. The molecule has 2 aromatic carbocycles. The minimum absolute atomic E-state index is 0.0741. The Morgan fingerprint density at radius 3 is 2.46 bits per heavy atom. The van der Waals surface area contributed by atoms with Gasteiger partial charge in [-0.3, -0.25) is 19.6 Å². The van der Waals surface area contributed by atoms with E-state index in [-0.39, 0.29) is 11.6 Å². The molecule has 1 N–H and O–H groups in total. The van der Waals surface area contributed by atoms with Gasteiger partial charge in [0.25, 0.3) is 5.69 Å². The molecule has 0 aliphatic carbocycles. The van der Waals surface area contributed by atoms with Gasteiger partial charge in [0.05, 0.1) is 11.1 Å². The van der Waals surface area contributed by atoms with Crippen molar-refractivity contribution in [3.63, 3.8) is 0 Å². The summed E-state index contributed by atoms with van der Waals surface area (Å²) in [5.41, 5.74) is 2.39. The molecule has 8 heteroatoms. The second-order valence-corrected chi connectivity index (χ2v) is 7.70. The number of nitro groups is 1. The first kappa shape index (κ1) is 19.6. The maximum Gasteiger partial charge on any atom is 0.272 e. The molecule has 144 valence electrons. The highest BCUT2D eigenvalue weighted by molar-refractivity contribution is 7.99. The maximum absolute atomic E-state index is 12.6. The normalized spacial score (nSPS) is 11.8. The zero-order valence-corrected chi connectivity index (χ0v) is 16.6. The number of rotatable bonds is 6. The van der Waals surface area contributed by atoms with Gasteiger partial charge in [-0.05, 0) is 44.5 Å². The SMILES string of the molecule is Cc1ccc(Sc2cc(NC(=O)C(C)n3cc(C)cn3)cc([N+](=O)[O-])c2)cc1. The molecular formula is C20H20N4O3S. The van der Waals surface area contributed by atoms with Crippen molar-refractivity contribution in [2.45, 2.75) is 36.6 Å². The number of hydrogen-bond acceptors (Lipinski definition) is 5. The first-order chi connectivity index (χ1) is 13.3. The number of nitrogens with zero attached hydrogens (tertiary/aromatic N) is 3. The number of benzene rings is 2. The van der Waals surface area contributed by atoms with Crippen molar-refractivity contribution in [1.29, 1.82) is 0 Å². The maximum atomic E-state index is 12.6. The molecule has 3 rings (SSSR count). The van der Waals surface area contributed by atoms with Crippen LogP contribution in [0.5, 0.6) is 0 Å². The van der Waals surface area contributed by atoms with Crippen molar-refractivity contribution >= 4 is 29.0 Å². The van der Waals surface area contributed by atoms with Gasteiger partial charge in [0.1, 0.15) is 6.04 Å². The summed E-state index contributed by atoms with van der Waals surface area (Å²) in [4.78, 5) is 25.1. The predicted molar refractivity (Wildman–Crippen MR) is 109 cm³/mol. The van der Waals surface area contributed by atoms with Gasteiger partial charge in [0.15, 0.2) is 0 Å². The second-order valence-electron chi connectivity index (χ2n) is 6.55. The molecule has 7 nitrogen and oxygen atoms in total. The number of aromatic nitrogens is 2. The summed E-state index contributed by atoms with van der Waals surface area (Å²) in [6, 6.07) is 11.9. The molecule has 1 atom stereocenters. The zero-order chi connectivity index (χ0) is 20.3. The van der Waals surface area contributed by atoms with Crippen LogP contribution in [-0.2, 0) is 4.79 Å². The molecule has 1 unspecified atom stereocenters. The van der Waals surface area contributed by atoms with Gasteiger partial charge in [-0.2, -0.15) is 5.10 Å². The molecule has 0 aliphatic rings. The van der Waals surface area contributed by atoms with Gasteiger partial charge in [-0.25, -0.2) is 0 Å². The molecule has 1 heterocycles.